The molecule has 5 nitrogen and oxygen atoms in total. The van der Waals surface area contributed by atoms with E-state index in [4.69, 9.17) is 0 Å². The smallest absolute Gasteiger partial charge is 0.305 e. The third-order valence-electron chi connectivity index (χ3n) is 4.50. The van der Waals surface area contributed by atoms with Gasteiger partial charge in [0.1, 0.15) is 5.82 Å². The summed E-state index contributed by atoms with van der Waals surface area (Å²) in [6.45, 7) is 4.19. The minimum Gasteiger partial charge on any atom is -0.469 e. The van der Waals surface area contributed by atoms with Crippen molar-refractivity contribution in [3.8, 4) is 0 Å². The summed E-state index contributed by atoms with van der Waals surface area (Å²) in [4.78, 5) is 15.8. The molecule has 0 aliphatic heterocycles. The Labute approximate surface area is 149 Å². The topological polar surface area (TPSA) is 62.7 Å². The molecule has 1 fully saturated rings. The lowest BCUT2D eigenvalue weighted by Gasteiger charge is -2.16. The molecule has 0 heterocycles. The monoisotopic (exact) mass is 349 g/mol. The summed E-state index contributed by atoms with van der Waals surface area (Å²) < 4.78 is 18.1. The van der Waals surface area contributed by atoms with Crippen LogP contribution in [-0.4, -0.2) is 38.7 Å². The second-order valence-electron chi connectivity index (χ2n) is 6.45. The molecule has 1 aliphatic rings. The zero-order valence-corrected chi connectivity index (χ0v) is 15.1. The average molecular weight is 349 g/mol. The molecule has 0 bridgehead atoms. The van der Waals surface area contributed by atoms with E-state index < -0.39 is 0 Å². The van der Waals surface area contributed by atoms with Gasteiger partial charge in [-0.1, -0.05) is 12.1 Å². The molecule has 2 rings (SSSR count). The summed E-state index contributed by atoms with van der Waals surface area (Å²) in [5, 5.41) is 6.52. The van der Waals surface area contributed by atoms with Gasteiger partial charge in [0.15, 0.2) is 5.96 Å². The van der Waals surface area contributed by atoms with Crippen LogP contribution in [0.3, 0.4) is 0 Å². The van der Waals surface area contributed by atoms with Crippen LogP contribution in [0.4, 0.5) is 4.39 Å². The SMILES string of the molecule is CCNC(=NCC1(c2cccc(F)c2)CC1)NCCCCC(=O)OC. The second-order valence-corrected chi connectivity index (χ2v) is 6.45. The Bertz CT molecular complexity index is 600. The molecule has 2 N–H and O–H groups in total. The number of hydrogen-bond donors (Lipinski definition) is 2. The zero-order valence-electron chi connectivity index (χ0n) is 15.1. The zero-order chi connectivity index (χ0) is 18.1. The van der Waals surface area contributed by atoms with Gasteiger partial charge in [-0.2, -0.15) is 0 Å². The average Bonchev–Trinajstić information content (AvgIpc) is 3.40. The molecule has 0 atom stereocenters. The molecule has 1 aliphatic carbocycles. The van der Waals surface area contributed by atoms with Crippen LogP contribution in [0.2, 0.25) is 0 Å². The molecule has 1 aromatic rings. The van der Waals surface area contributed by atoms with Gasteiger partial charge in [0.05, 0.1) is 13.7 Å². The van der Waals surface area contributed by atoms with Crippen molar-refractivity contribution in [3.05, 3.63) is 35.6 Å². The number of esters is 1. The van der Waals surface area contributed by atoms with Crippen LogP contribution in [-0.2, 0) is 14.9 Å². The van der Waals surface area contributed by atoms with E-state index in [0.29, 0.717) is 13.0 Å². The first-order chi connectivity index (χ1) is 12.1. The first-order valence-corrected chi connectivity index (χ1v) is 8.95. The Morgan fingerprint density at radius 1 is 1.32 bits per heavy atom. The number of carbonyl (C=O) groups excluding carboxylic acids is 1. The third kappa shape index (κ3) is 6.03. The normalized spacial score (nSPS) is 15.6. The minimum atomic E-state index is -0.191. The van der Waals surface area contributed by atoms with Crippen molar-refractivity contribution in [2.24, 2.45) is 4.99 Å². The standard InChI is InChI=1S/C19H28FN3O2/c1-3-21-18(22-12-5-4-9-17(24)25-2)23-14-19(10-11-19)15-7-6-8-16(20)13-15/h6-8,13H,3-5,9-12,14H2,1-2H3,(H2,21,22,23). The fourth-order valence-electron chi connectivity index (χ4n) is 2.78. The number of aliphatic imine (C=N–C) groups is 1. The lowest BCUT2D eigenvalue weighted by molar-refractivity contribution is -0.140. The highest BCUT2D eigenvalue weighted by molar-refractivity contribution is 5.79. The molecule has 1 saturated carbocycles. The summed E-state index contributed by atoms with van der Waals surface area (Å²) in [5.41, 5.74) is 1.01. The van der Waals surface area contributed by atoms with E-state index in [1.807, 2.05) is 13.0 Å². The van der Waals surface area contributed by atoms with Crippen molar-refractivity contribution < 1.29 is 13.9 Å². The van der Waals surface area contributed by atoms with Crippen molar-refractivity contribution in [2.45, 2.75) is 44.4 Å². The number of unbranched alkanes of at least 4 members (excludes halogenated alkanes) is 1. The number of hydrogen-bond acceptors (Lipinski definition) is 3. The van der Waals surface area contributed by atoms with E-state index in [0.717, 1.165) is 50.3 Å². The second kappa shape index (κ2) is 9.39. The van der Waals surface area contributed by atoms with Crippen molar-refractivity contribution in [3.63, 3.8) is 0 Å². The van der Waals surface area contributed by atoms with Crippen LogP contribution < -0.4 is 10.6 Å². The molecule has 25 heavy (non-hydrogen) atoms. The molecule has 1 aromatic carbocycles. The third-order valence-corrected chi connectivity index (χ3v) is 4.50. The fraction of sp³-hybridized carbons (Fsp3) is 0.579. The first kappa shape index (κ1) is 19.2. The maximum atomic E-state index is 13.5. The number of benzene rings is 1. The van der Waals surface area contributed by atoms with Crippen LogP contribution in [0.15, 0.2) is 29.3 Å². The van der Waals surface area contributed by atoms with Gasteiger partial charge in [-0.15, -0.1) is 0 Å². The number of guanidine groups is 1. The van der Waals surface area contributed by atoms with Crippen LogP contribution in [0.25, 0.3) is 0 Å². The van der Waals surface area contributed by atoms with Crippen LogP contribution in [0.5, 0.6) is 0 Å². The molecule has 6 heteroatoms. The van der Waals surface area contributed by atoms with Crippen molar-refractivity contribution in [1.29, 1.82) is 0 Å². The van der Waals surface area contributed by atoms with E-state index in [1.165, 1.54) is 13.2 Å². The van der Waals surface area contributed by atoms with Crippen molar-refractivity contribution >= 4 is 11.9 Å². The van der Waals surface area contributed by atoms with Gasteiger partial charge in [0.2, 0.25) is 0 Å². The molecule has 0 spiro atoms. The van der Waals surface area contributed by atoms with Crippen LogP contribution in [0, 0.1) is 5.82 Å². The summed E-state index contributed by atoms with van der Waals surface area (Å²) >= 11 is 0. The Morgan fingerprint density at radius 3 is 2.76 bits per heavy atom. The maximum Gasteiger partial charge on any atom is 0.305 e. The predicted molar refractivity (Wildman–Crippen MR) is 97.2 cm³/mol. The Morgan fingerprint density at radius 2 is 2.12 bits per heavy atom. The molecule has 0 amide bonds. The van der Waals surface area contributed by atoms with Gasteiger partial charge >= 0.3 is 5.97 Å². The number of rotatable bonds is 9. The van der Waals surface area contributed by atoms with Crippen LogP contribution >= 0.6 is 0 Å². The van der Waals surface area contributed by atoms with Crippen LogP contribution in [0.1, 0.15) is 44.6 Å². The minimum absolute atomic E-state index is 0.0185. The first-order valence-electron chi connectivity index (χ1n) is 8.95. The fourth-order valence-corrected chi connectivity index (χ4v) is 2.78. The van der Waals surface area contributed by atoms with Gasteiger partial charge in [-0.05, 0) is 50.3 Å². The molecule has 0 saturated heterocycles. The summed E-state index contributed by atoms with van der Waals surface area (Å²) in [5.74, 6) is 0.401. The predicted octanol–water partition coefficient (Wildman–Crippen LogP) is 2.76. The Hall–Kier alpha value is -2.11. The summed E-state index contributed by atoms with van der Waals surface area (Å²) in [6, 6.07) is 6.84. The van der Waals surface area contributed by atoms with Gasteiger partial charge < -0.3 is 15.4 Å². The Balaban J connectivity index is 1.84. The van der Waals surface area contributed by atoms with E-state index in [9.17, 15) is 9.18 Å². The molecule has 0 aromatic heterocycles. The number of nitrogens with zero attached hydrogens (tertiary/aromatic N) is 1. The quantitative estimate of drug-likeness (QED) is 0.311. The van der Waals surface area contributed by atoms with E-state index in [1.54, 1.807) is 12.1 Å². The summed E-state index contributed by atoms with van der Waals surface area (Å²) in [6.07, 6.45) is 4.17. The molecular weight excluding hydrogens is 321 g/mol. The van der Waals surface area contributed by atoms with E-state index in [-0.39, 0.29) is 17.2 Å². The number of carbonyl (C=O) groups is 1. The van der Waals surface area contributed by atoms with Gasteiger partial charge in [0.25, 0.3) is 0 Å². The highest BCUT2D eigenvalue weighted by Gasteiger charge is 2.44. The van der Waals surface area contributed by atoms with Gasteiger partial charge in [-0.3, -0.25) is 9.79 Å². The number of nitrogens with one attached hydrogen (secondary N) is 2. The molecule has 138 valence electrons. The van der Waals surface area contributed by atoms with Crippen molar-refractivity contribution in [2.75, 3.05) is 26.7 Å². The highest BCUT2D eigenvalue weighted by atomic mass is 19.1. The van der Waals surface area contributed by atoms with E-state index >= 15 is 0 Å². The number of ether oxygens (including phenoxy) is 1. The Kier molecular flexibility index (Phi) is 7.22. The number of halogens is 1. The molecule has 0 radical (unpaired) electrons. The maximum absolute atomic E-state index is 13.5. The lowest BCUT2D eigenvalue weighted by Crippen LogP contribution is -2.38. The highest BCUT2D eigenvalue weighted by Crippen LogP contribution is 2.48. The van der Waals surface area contributed by atoms with Gasteiger partial charge in [-0.25, -0.2) is 4.39 Å². The van der Waals surface area contributed by atoms with E-state index in [2.05, 4.69) is 20.4 Å². The molecule has 0 unspecified atom stereocenters. The van der Waals surface area contributed by atoms with Crippen molar-refractivity contribution in [1.82, 2.24) is 10.6 Å². The lowest BCUT2D eigenvalue weighted by atomic mass is 9.96. The number of methoxy groups -OCH3 is 1. The largest absolute Gasteiger partial charge is 0.469 e. The molecular formula is C19H28FN3O2. The summed E-state index contributed by atoms with van der Waals surface area (Å²) in [7, 11) is 1.41. The van der Waals surface area contributed by atoms with Gasteiger partial charge in [0, 0.05) is 24.9 Å².